The molecule has 2 rings (SSSR count). The molecule has 0 aliphatic rings. The van der Waals surface area contributed by atoms with E-state index in [9.17, 15) is 4.39 Å². The molecule has 1 atom stereocenters. The third-order valence-corrected chi connectivity index (χ3v) is 3.52. The molecule has 0 saturated carbocycles. The Hall–Kier alpha value is -0.610. The van der Waals surface area contributed by atoms with Gasteiger partial charge < -0.3 is 0 Å². The first-order chi connectivity index (χ1) is 6.25. The molecule has 1 nitrogen and oxygen atoms in total. The number of aromatic nitrogens is 1. The lowest BCUT2D eigenvalue weighted by Crippen LogP contribution is -1.81. The van der Waals surface area contributed by atoms with Gasteiger partial charge in [-0.3, -0.25) is 0 Å². The fourth-order valence-electron chi connectivity index (χ4n) is 1.04. The zero-order valence-corrected chi connectivity index (χ0v) is 8.66. The Morgan fingerprint density at radius 1 is 1.46 bits per heavy atom. The number of halogens is 1. The predicted octanol–water partition coefficient (Wildman–Crippen LogP) is 3.70. The summed E-state index contributed by atoms with van der Waals surface area (Å²) in [6, 6.07) is 7.85. The topological polar surface area (TPSA) is 12.9 Å². The van der Waals surface area contributed by atoms with Crippen LogP contribution in [-0.2, 0) is 0 Å². The Labute approximate surface area is 84.0 Å². The van der Waals surface area contributed by atoms with E-state index in [1.165, 1.54) is 18.3 Å². The van der Waals surface area contributed by atoms with Crippen molar-refractivity contribution in [1.82, 2.24) is 4.98 Å². The lowest BCUT2D eigenvalue weighted by atomic mass is 10.3. The van der Waals surface area contributed by atoms with Crippen LogP contribution in [0.3, 0.4) is 0 Å². The van der Waals surface area contributed by atoms with Crippen LogP contribution in [0.1, 0.15) is 6.92 Å². The fraction of sp³-hybridized carbons (Fsp3) is 0.222. The Bertz CT molecular complexity index is 378. The van der Waals surface area contributed by atoms with E-state index in [1.807, 2.05) is 24.3 Å². The molecule has 13 heavy (non-hydrogen) atoms. The Morgan fingerprint density at radius 2 is 2.23 bits per heavy atom. The molecule has 0 fully saturated rings. The highest BCUT2D eigenvalue weighted by Crippen LogP contribution is 2.31. The summed E-state index contributed by atoms with van der Waals surface area (Å²) < 4.78 is 14.6. The van der Waals surface area contributed by atoms with Crippen molar-refractivity contribution in [1.29, 1.82) is 0 Å². The molecule has 1 aromatic carbocycles. The van der Waals surface area contributed by atoms with Gasteiger partial charge in [-0.25, -0.2) is 9.37 Å². The van der Waals surface area contributed by atoms with Crippen LogP contribution in [0.5, 0.6) is 0 Å². The number of thioether (sulfide) groups is 1. The first-order valence-corrected chi connectivity index (χ1v) is 5.61. The highest BCUT2D eigenvalue weighted by molar-refractivity contribution is 8.01. The van der Waals surface area contributed by atoms with E-state index in [-0.39, 0.29) is 0 Å². The maximum absolute atomic E-state index is 12.6. The largest absolute Gasteiger partial charge is 0.235 e. The van der Waals surface area contributed by atoms with Crippen LogP contribution in [0.25, 0.3) is 10.2 Å². The third kappa shape index (κ3) is 2.00. The average molecular weight is 213 g/mol. The van der Waals surface area contributed by atoms with Gasteiger partial charge in [-0.1, -0.05) is 23.9 Å². The zero-order valence-electron chi connectivity index (χ0n) is 7.03. The summed E-state index contributed by atoms with van der Waals surface area (Å²) in [5.41, 5.74) is 0.0659. The Kier molecular flexibility index (Phi) is 2.51. The van der Waals surface area contributed by atoms with Crippen LogP contribution >= 0.6 is 23.1 Å². The average Bonchev–Trinajstić information content (AvgIpc) is 2.44. The molecule has 1 unspecified atom stereocenters. The van der Waals surface area contributed by atoms with E-state index in [4.69, 9.17) is 0 Å². The van der Waals surface area contributed by atoms with Crippen molar-refractivity contribution in [2.75, 3.05) is 0 Å². The van der Waals surface area contributed by atoms with Gasteiger partial charge in [-0.15, -0.1) is 11.3 Å². The Morgan fingerprint density at radius 3 is 2.92 bits per heavy atom. The van der Waals surface area contributed by atoms with E-state index in [0.717, 1.165) is 26.3 Å². The first-order valence-electron chi connectivity index (χ1n) is 3.92. The zero-order chi connectivity index (χ0) is 9.26. The molecule has 4 heteroatoms. The Balaban J connectivity index is 2.38. The number of nitrogens with zero attached hydrogens (tertiary/aromatic N) is 1. The van der Waals surface area contributed by atoms with Crippen LogP contribution in [0, 0.1) is 0 Å². The quantitative estimate of drug-likeness (QED) is 0.705. The smallest absolute Gasteiger partial charge is 0.153 e. The van der Waals surface area contributed by atoms with Gasteiger partial charge in [-0.2, -0.15) is 0 Å². The second-order valence-electron chi connectivity index (χ2n) is 2.61. The minimum Gasteiger partial charge on any atom is -0.235 e. The molecule has 0 spiro atoms. The highest BCUT2D eigenvalue weighted by atomic mass is 32.2. The van der Waals surface area contributed by atoms with Gasteiger partial charge in [0.25, 0.3) is 0 Å². The van der Waals surface area contributed by atoms with Crippen LogP contribution in [0.15, 0.2) is 28.6 Å². The normalized spacial score (nSPS) is 13.4. The summed E-state index contributed by atoms with van der Waals surface area (Å²) in [4.78, 5) is 4.29. The third-order valence-electron chi connectivity index (χ3n) is 1.54. The maximum atomic E-state index is 12.6. The van der Waals surface area contributed by atoms with E-state index in [0.29, 0.717) is 0 Å². The SMILES string of the molecule is CC(F)Sc1nc2ccccc2s1. The number of benzene rings is 1. The van der Waals surface area contributed by atoms with E-state index in [2.05, 4.69) is 4.98 Å². The van der Waals surface area contributed by atoms with Gasteiger partial charge >= 0.3 is 0 Å². The van der Waals surface area contributed by atoms with Crippen molar-refractivity contribution in [3.05, 3.63) is 24.3 Å². The van der Waals surface area contributed by atoms with Crippen LogP contribution in [0.4, 0.5) is 4.39 Å². The molecular weight excluding hydrogens is 205 g/mol. The number of thiazole rings is 1. The molecule has 0 aliphatic heterocycles. The summed E-state index contributed by atoms with van der Waals surface area (Å²) in [7, 11) is 0. The lowest BCUT2D eigenvalue weighted by Gasteiger charge is -1.93. The summed E-state index contributed by atoms with van der Waals surface area (Å²) in [5, 5.41) is 0. The van der Waals surface area contributed by atoms with Crippen LogP contribution < -0.4 is 0 Å². The van der Waals surface area contributed by atoms with Gasteiger partial charge in [0, 0.05) is 0 Å². The van der Waals surface area contributed by atoms with Crippen molar-refractivity contribution in [3.8, 4) is 0 Å². The van der Waals surface area contributed by atoms with E-state index in [1.54, 1.807) is 0 Å². The molecule has 0 aliphatic carbocycles. The number of fused-ring (bicyclic) bond motifs is 1. The molecular formula is C9H8FNS2. The lowest BCUT2D eigenvalue weighted by molar-refractivity contribution is 0.483. The van der Waals surface area contributed by atoms with E-state index >= 15 is 0 Å². The second-order valence-corrected chi connectivity index (χ2v) is 5.17. The van der Waals surface area contributed by atoms with Crippen molar-refractivity contribution in [2.45, 2.75) is 16.8 Å². The number of hydrogen-bond donors (Lipinski definition) is 0. The summed E-state index contributed by atoms with van der Waals surface area (Å²) in [6.07, 6.45) is 0. The maximum Gasteiger partial charge on any atom is 0.153 e. The summed E-state index contributed by atoms with van der Waals surface area (Å²) in [6.45, 7) is 1.52. The van der Waals surface area contributed by atoms with Crippen LogP contribution in [0.2, 0.25) is 0 Å². The molecule has 2 aromatic rings. The molecule has 0 amide bonds. The minimum absolute atomic E-state index is 0.802. The van der Waals surface area contributed by atoms with Gasteiger partial charge in [0.2, 0.25) is 0 Å². The molecule has 0 N–H and O–H groups in total. The van der Waals surface area contributed by atoms with Crippen molar-refractivity contribution in [2.24, 2.45) is 0 Å². The second kappa shape index (κ2) is 3.64. The molecule has 0 bridgehead atoms. The predicted molar refractivity (Wildman–Crippen MR) is 56.0 cm³/mol. The minimum atomic E-state index is -0.888. The fourth-order valence-corrected chi connectivity index (χ4v) is 3.03. The first kappa shape index (κ1) is 8.97. The van der Waals surface area contributed by atoms with Gasteiger partial charge in [-0.05, 0) is 19.1 Å². The van der Waals surface area contributed by atoms with Crippen LogP contribution in [-0.4, -0.2) is 10.5 Å². The van der Waals surface area contributed by atoms with E-state index < -0.39 is 5.50 Å². The summed E-state index contributed by atoms with van der Waals surface area (Å²) >= 11 is 2.70. The van der Waals surface area contributed by atoms with Crippen molar-refractivity contribution in [3.63, 3.8) is 0 Å². The standard InChI is InChI=1S/C9H8FNS2/c1-6(10)12-9-11-7-4-2-3-5-8(7)13-9/h2-6H,1H3. The van der Waals surface area contributed by atoms with Crippen molar-refractivity contribution < 1.29 is 4.39 Å². The molecule has 0 radical (unpaired) electrons. The van der Waals surface area contributed by atoms with Gasteiger partial charge in [0.1, 0.15) is 5.50 Å². The number of para-hydroxylation sites is 1. The molecule has 1 heterocycles. The van der Waals surface area contributed by atoms with Crippen molar-refractivity contribution >= 4 is 33.3 Å². The number of hydrogen-bond acceptors (Lipinski definition) is 3. The number of rotatable bonds is 2. The highest BCUT2D eigenvalue weighted by Gasteiger charge is 2.06. The van der Waals surface area contributed by atoms with Gasteiger partial charge in [0.05, 0.1) is 10.2 Å². The molecule has 0 saturated heterocycles. The number of alkyl halides is 1. The monoisotopic (exact) mass is 213 g/mol. The summed E-state index contributed by atoms with van der Waals surface area (Å²) in [5.74, 6) is 0. The molecule has 1 aromatic heterocycles. The van der Waals surface area contributed by atoms with Gasteiger partial charge in [0.15, 0.2) is 4.34 Å². The molecule has 68 valence electrons.